The molecule has 0 unspecified atom stereocenters. The Morgan fingerprint density at radius 2 is 1.92 bits per heavy atom. The van der Waals surface area contributed by atoms with Gasteiger partial charge in [0.05, 0.1) is 5.71 Å². The number of piperazine rings is 1. The molecule has 3 fully saturated rings. The Hall–Kier alpha value is -1.62. The molecule has 0 aromatic carbocycles. The van der Waals surface area contributed by atoms with Gasteiger partial charge in [-0.2, -0.15) is 0 Å². The molecule has 0 radical (unpaired) electrons. The Morgan fingerprint density at radius 3 is 2.67 bits per heavy atom. The van der Waals surface area contributed by atoms with Gasteiger partial charge in [-0.05, 0) is 62.5 Å². The van der Waals surface area contributed by atoms with Crippen LogP contribution >= 0.6 is 0 Å². The average Bonchev–Trinajstić information content (AvgIpc) is 2.68. The van der Waals surface area contributed by atoms with Crippen molar-refractivity contribution in [2.45, 2.75) is 44.6 Å². The summed E-state index contributed by atoms with van der Waals surface area (Å²) in [4.78, 5) is 9.61. The van der Waals surface area contributed by atoms with Crippen LogP contribution in [-0.2, 0) is 0 Å². The normalized spacial score (nSPS) is 33.4. The number of rotatable bonds is 2. The Balaban J connectivity index is 1.31. The number of anilines is 1. The smallest absolute Gasteiger partial charge is 0.128 e. The van der Waals surface area contributed by atoms with Crippen molar-refractivity contribution in [1.29, 1.82) is 0 Å². The number of pyridine rings is 1. The van der Waals surface area contributed by atoms with Gasteiger partial charge in [-0.1, -0.05) is 11.2 Å². The van der Waals surface area contributed by atoms with Gasteiger partial charge in [0.25, 0.3) is 0 Å². The number of nitrogens with zero attached hydrogens (tertiary/aromatic N) is 4. The van der Waals surface area contributed by atoms with Crippen molar-refractivity contribution in [3.05, 3.63) is 24.4 Å². The molecule has 1 aromatic heterocycles. The van der Waals surface area contributed by atoms with Crippen molar-refractivity contribution >= 4 is 11.5 Å². The number of fused-ring (bicyclic) bond motifs is 1. The molecule has 4 rings (SSSR count). The summed E-state index contributed by atoms with van der Waals surface area (Å²) in [6, 6.07) is 6.92. The highest BCUT2D eigenvalue weighted by molar-refractivity contribution is 5.84. The van der Waals surface area contributed by atoms with E-state index in [-0.39, 0.29) is 0 Å². The van der Waals surface area contributed by atoms with E-state index in [9.17, 15) is 0 Å². The van der Waals surface area contributed by atoms with Gasteiger partial charge in [0.15, 0.2) is 0 Å². The van der Waals surface area contributed by atoms with E-state index in [0.717, 1.165) is 68.4 Å². The van der Waals surface area contributed by atoms with Crippen LogP contribution in [0.25, 0.3) is 0 Å². The van der Waals surface area contributed by atoms with Gasteiger partial charge in [-0.15, -0.1) is 0 Å². The molecule has 0 amide bonds. The van der Waals surface area contributed by atoms with Crippen molar-refractivity contribution in [3.63, 3.8) is 0 Å². The summed E-state index contributed by atoms with van der Waals surface area (Å²) in [5, 5.41) is 12.5. The van der Waals surface area contributed by atoms with Gasteiger partial charge < -0.3 is 10.1 Å². The maximum atomic E-state index is 9.03. The summed E-state index contributed by atoms with van der Waals surface area (Å²) in [6.07, 6.45) is 9.08. The Bertz CT molecular complexity index is 568. The highest BCUT2D eigenvalue weighted by atomic mass is 16.4. The Labute approximate surface area is 144 Å². The first kappa shape index (κ1) is 15.9. The average molecular weight is 328 g/mol. The second-order valence-corrected chi connectivity index (χ2v) is 7.61. The minimum atomic E-state index is 0.754. The van der Waals surface area contributed by atoms with E-state index in [2.05, 4.69) is 32.1 Å². The highest BCUT2D eigenvalue weighted by Crippen LogP contribution is 2.41. The molecule has 2 saturated carbocycles. The lowest BCUT2D eigenvalue weighted by Gasteiger charge is -2.46. The first-order valence-corrected chi connectivity index (χ1v) is 9.43. The van der Waals surface area contributed by atoms with Crippen LogP contribution in [0.5, 0.6) is 0 Å². The van der Waals surface area contributed by atoms with Crippen LogP contribution in [0, 0.1) is 11.8 Å². The topological polar surface area (TPSA) is 52.0 Å². The number of hydrogen-bond donors (Lipinski definition) is 1. The zero-order valence-electron chi connectivity index (χ0n) is 14.3. The van der Waals surface area contributed by atoms with E-state index >= 15 is 0 Å². The summed E-state index contributed by atoms with van der Waals surface area (Å²) in [7, 11) is 0. The number of hydrogen-bond acceptors (Lipinski definition) is 5. The molecule has 2 aliphatic carbocycles. The molecule has 1 aliphatic heterocycles. The van der Waals surface area contributed by atoms with Gasteiger partial charge in [0, 0.05) is 38.4 Å². The number of oxime groups is 1. The molecule has 5 nitrogen and oxygen atoms in total. The zero-order chi connectivity index (χ0) is 16.4. The fourth-order valence-corrected chi connectivity index (χ4v) is 4.96. The van der Waals surface area contributed by atoms with Gasteiger partial charge >= 0.3 is 0 Å². The van der Waals surface area contributed by atoms with Crippen LogP contribution in [0.4, 0.5) is 5.82 Å². The van der Waals surface area contributed by atoms with Gasteiger partial charge in [-0.25, -0.2) is 4.98 Å². The van der Waals surface area contributed by atoms with E-state index in [1.807, 2.05) is 12.3 Å². The van der Waals surface area contributed by atoms with Gasteiger partial charge in [-0.3, -0.25) is 4.90 Å². The Kier molecular flexibility index (Phi) is 4.69. The Morgan fingerprint density at radius 1 is 1.04 bits per heavy atom. The fraction of sp³-hybridized carbons (Fsp3) is 0.684. The molecule has 1 N–H and O–H groups in total. The quantitative estimate of drug-likeness (QED) is 0.670. The lowest BCUT2D eigenvalue weighted by Crippen LogP contribution is -2.52. The molecule has 1 saturated heterocycles. The molecule has 3 aliphatic rings. The lowest BCUT2D eigenvalue weighted by molar-refractivity contribution is 0.0853. The van der Waals surface area contributed by atoms with E-state index in [4.69, 9.17) is 5.21 Å². The first-order chi connectivity index (χ1) is 11.8. The van der Waals surface area contributed by atoms with Gasteiger partial charge in [0.1, 0.15) is 5.82 Å². The maximum absolute atomic E-state index is 9.03. The summed E-state index contributed by atoms with van der Waals surface area (Å²) in [5.41, 5.74) is 1.03. The summed E-state index contributed by atoms with van der Waals surface area (Å²) >= 11 is 0. The standard InChI is InChI=1S/C19H28N4O/c24-21-17-6-4-16-14-18(7-5-15(16)13-17)22-9-11-23(12-10-22)19-3-1-2-8-20-19/h1-3,8,15-16,18,24H,4-7,9-14H2/b21-17+/t15-,16+,18+/m1/s1. The molecule has 0 bridgehead atoms. The molecule has 2 heterocycles. The molecular weight excluding hydrogens is 300 g/mol. The van der Waals surface area contributed by atoms with Crippen molar-refractivity contribution in [2.75, 3.05) is 31.1 Å². The van der Waals surface area contributed by atoms with E-state index in [0.29, 0.717) is 0 Å². The van der Waals surface area contributed by atoms with E-state index < -0.39 is 0 Å². The van der Waals surface area contributed by atoms with Crippen LogP contribution in [-0.4, -0.2) is 53.0 Å². The fourth-order valence-electron chi connectivity index (χ4n) is 4.96. The predicted molar refractivity (Wildman–Crippen MR) is 95.7 cm³/mol. The third-order valence-corrected chi connectivity index (χ3v) is 6.36. The van der Waals surface area contributed by atoms with Crippen LogP contribution < -0.4 is 4.90 Å². The first-order valence-electron chi connectivity index (χ1n) is 9.43. The van der Waals surface area contributed by atoms with Crippen LogP contribution in [0.2, 0.25) is 0 Å². The van der Waals surface area contributed by atoms with Crippen LogP contribution in [0.15, 0.2) is 29.6 Å². The SMILES string of the molecule is O/N=C1\CC[C@H]2C[C@@H](N3CCN(c4ccccn4)CC3)CC[C@@H]2C1. The van der Waals surface area contributed by atoms with Crippen LogP contribution in [0.1, 0.15) is 38.5 Å². The molecular formula is C19H28N4O. The maximum Gasteiger partial charge on any atom is 0.128 e. The monoisotopic (exact) mass is 328 g/mol. The molecule has 24 heavy (non-hydrogen) atoms. The zero-order valence-corrected chi connectivity index (χ0v) is 14.3. The second kappa shape index (κ2) is 7.09. The van der Waals surface area contributed by atoms with Crippen molar-refractivity contribution in [1.82, 2.24) is 9.88 Å². The van der Waals surface area contributed by atoms with E-state index in [1.165, 1.54) is 25.7 Å². The molecule has 5 heteroatoms. The summed E-state index contributed by atoms with van der Waals surface area (Å²) in [5.74, 6) is 2.71. The summed E-state index contributed by atoms with van der Waals surface area (Å²) < 4.78 is 0. The molecule has 3 atom stereocenters. The van der Waals surface area contributed by atoms with Crippen LogP contribution in [0.3, 0.4) is 0 Å². The number of aromatic nitrogens is 1. The largest absolute Gasteiger partial charge is 0.411 e. The van der Waals surface area contributed by atoms with Gasteiger partial charge in [0.2, 0.25) is 0 Å². The molecule has 1 aromatic rings. The summed E-state index contributed by atoms with van der Waals surface area (Å²) in [6.45, 7) is 4.48. The second-order valence-electron chi connectivity index (χ2n) is 7.61. The highest BCUT2D eigenvalue weighted by Gasteiger charge is 2.37. The van der Waals surface area contributed by atoms with Crippen molar-refractivity contribution < 1.29 is 5.21 Å². The molecule has 0 spiro atoms. The minimum absolute atomic E-state index is 0.754. The van der Waals surface area contributed by atoms with Crippen molar-refractivity contribution in [3.8, 4) is 0 Å². The predicted octanol–water partition coefficient (Wildman–Crippen LogP) is 3.00. The minimum Gasteiger partial charge on any atom is -0.411 e. The third-order valence-electron chi connectivity index (χ3n) is 6.36. The van der Waals surface area contributed by atoms with Crippen molar-refractivity contribution in [2.24, 2.45) is 17.0 Å². The third kappa shape index (κ3) is 3.27. The lowest BCUT2D eigenvalue weighted by atomic mass is 9.68. The van der Waals surface area contributed by atoms with E-state index in [1.54, 1.807) is 0 Å². The molecule has 130 valence electrons.